The van der Waals surface area contributed by atoms with E-state index in [2.05, 4.69) is 58.7 Å². The fourth-order valence-corrected chi connectivity index (χ4v) is 3.31. The number of aliphatic hydroxyl groups excluding tert-OH is 1. The summed E-state index contributed by atoms with van der Waals surface area (Å²) in [5, 5.41) is 12.7. The third kappa shape index (κ3) is 3.45. The van der Waals surface area contributed by atoms with E-state index in [1.54, 1.807) is 0 Å². The van der Waals surface area contributed by atoms with E-state index in [4.69, 9.17) is 10.5 Å². The zero-order chi connectivity index (χ0) is 16.4. The molecule has 3 aromatic rings. The van der Waals surface area contributed by atoms with Gasteiger partial charge in [0.15, 0.2) is 0 Å². The highest BCUT2D eigenvalue weighted by molar-refractivity contribution is 9.10. The summed E-state index contributed by atoms with van der Waals surface area (Å²) in [4.78, 5) is 0. The van der Waals surface area contributed by atoms with Crippen molar-refractivity contribution in [2.45, 2.75) is 12.6 Å². The van der Waals surface area contributed by atoms with Crippen molar-refractivity contribution in [3.63, 3.8) is 0 Å². The molecule has 1 aromatic heterocycles. The number of fused-ring (bicyclic) bond motifs is 3. The van der Waals surface area contributed by atoms with Gasteiger partial charge in [0.05, 0.1) is 25.9 Å². The molecule has 1 unspecified atom stereocenters. The Morgan fingerprint density at radius 3 is 2.61 bits per heavy atom. The van der Waals surface area contributed by atoms with Gasteiger partial charge < -0.3 is 20.1 Å². The SMILES string of the molecule is Bc1ccc2c(c1)c1cc(Br)ccc1n2CC(O)COCCN. The quantitative estimate of drug-likeness (QED) is 0.502. The molecule has 0 saturated carbocycles. The van der Waals surface area contributed by atoms with Gasteiger partial charge in [0.25, 0.3) is 0 Å². The highest BCUT2D eigenvalue weighted by atomic mass is 79.9. The van der Waals surface area contributed by atoms with E-state index in [1.165, 1.54) is 16.2 Å². The van der Waals surface area contributed by atoms with Crippen molar-refractivity contribution in [2.75, 3.05) is 19.8 Å². The molecule has 0 amide bonds. The van der Waals surface area contributed by atoms with Crippen LogP contribution in [0.25, 0.3) is 21.8 Å². The smallest absolute Gasteiger partial charge is 0.139 e. The standard InChI is InChI=1S/C17H20BBrN2O2/c18-11-1-3-16-14(7-11)15-8-12(19)2-4-17(15)21(16)9-13(22)10-23-6-5-20/h1-4,7-8,13,22H,5-6,9-10,18,20H2. The highest BCUT2D eigenvalue weighted by Crippen LogP contribution is 2.30. The number of hydrogen-bond acceptors (Lipinski definition) is 3. The molecule has 0 aliphatic rings. The maximum Gasteiger partial charge on any atom is 0.139 e. The van der Waals surface area contributed by atoms with E-state index in [1.807, 2.05) is 6.07 Å². The van der Waals surface area contributed by atoms with Crippen molar-refractivity contribution in [1.29, 1.82) is 0 Å². The second-order valence-corrected chi connectivity index (χ2v) is 6.73. The minimum absolute atomic E-state index is 0.292. The van der Waals surface area contributed by atoms with Gasteiger partial charge in [0.1, 0.15) is 7.85 Å². The Morgan fingerprint density at radius 1 is 1.17 bits per heavy atom. The van der Waals surface area contributed by atoms with Crippen LogP contribution in [-0.2, 0) is 11.3 Å². The maximum absolute atomic E-state index is 10.3. The Hall–Kier alpha value is -1.34. The van der Waals surface area contributed by atoms with Crippen LogP contribution in [0.3, 0.4) is 0 Å². The first-order valence-corrected chi connectivity index (χ1v) is 8.53. The molecular weight excluding hydrogens is 355 g/mol. The number of hydrogen-bond donors (Lipinski definition) is 2. The highest BCUT2D eigenvalue weighted by Gasteiger charge is 2.14. The molecule has 1 heterocycles. The van der Waals surface area contributed by atoms with Gasteiger partial charge in [-0.25, -0.2) is 0 Å². The minimum Gasteiger partial charge on any atom is -0.389 e. The summed E-state index contributed by atoms with van der Waals surface area (Å²) in [7, 11) is 2.09. The van der Waals surface area contributed by atoms with Gasteiger partial charge >= 0.3 is 0 Å². The largest absolute Gasteiger partial charge is 0.389 e. The van der Waals surface area contributed by atoms with Crippen molar-refractivity contribution in [3.8, 4) is 0 Å². The molecule has 0 spiro atoms. The first-order valence-electron chi connectivity index (χ1n) is 7.74. The molecule has 0 radical (unpaired) electrons. The molecule has 3 rings (SSSR count). The number of halogens is 1. The number of nitrogens with zero attached hydrogens (tertiary/aromatic N) is 1. The lowest BCUT2D eigenvalue weighted by Crippen LogP contribution is -2.23. The Morgan fingerprint density at radius 2 is 1.87 bits per heavy atom. The molecule has 4 nitrogen and oxygen atoms in total. The summed E-state index contributed by atoms with van der Waals surface area (Å²) >= 11 is 3.55. The molecule has 0 bridgehead atoms. The molecule has 23 heavy (non-hydrogen) atoms. The second-order valence-electron chi connectivity index (χ2n) is 5.81. The van der Waals surface area contributed by atoms with Crippen molar-refractivity contribution in [2.24, 2.45) is 5.73 Å². The van der Waals surface area contributed by atoms with Crippen LogP contribution in [0.2, 0.25) is 0 Å². The minimum atomic E-state index is -0.565. The molecule has 3 N–H and O–H groups in total. The topological polar surface area (TPSA) is 60.4 Å². The molecule has 0 saturated heterocycles. The molecule has 2 aromatic carbocycles. The number of aliphatic hydroxyl groups is 1. The summed E-state index contributed by atoms with van der Waals surface area (Å²) in [5.74, 6) is 0. The first kappa shape index (κ1) is 16.5. The van der Waals surface area contributed by atoms with Crippen LogP contribution in [0.1, 0.15) is 0 Å². The third-order valence-electron chi connectivity index (χ3n) is 3.95. The number of rotatable bonds is 6. The summed E-state index contributed by atoms with van der Waals surface area (Å²) in [6.07, 6.45) is -0.565. The van der Waals surface area contributed by atoms with Gasteiger partial charge in [-0.05, 0) is 24.3 Å². The average molecular weight is 375 g/mol. The molecule has 6 heteroatoms. The third-order valence-corrected chi connectivity index (χ3v) is 4.44. The molecular formula is C17H20BBrN2O2. The average Bonchev–Trinajstić information content (AvgIpc) is 2.80. The zero-order valence-corrected chi connectivity index (χ0v) is 14.7. The van der Waals surface area contributed by atoms with Crippen molar-refractivity contribution in [3.05, 3.63) is 40.9 Å². The van der Waals surface area contributed by atoms with Crippen LogP contribution < -0.4 is 11.2 Å². The lowest BCUT2D eigenvalue weighted by Gasteiger charge is -2.14. The monoisotopic (exact) mass is 374 g/mol. The van der Waals surface area contributed by atoms with Crippen LogP contribution in [0.15, 0.2) is 40.9 Å². The fourth-order valence-electron chi connectivity index (χ4n) is 2.95. The van der Waals surface area contributed by atoms with E-state index < -0.39 is 6.10 Å². The van der Waals surface area contributed by atoms with Gasteiger partial charge in [-0.1, -0.05) is 33.5 Å². The van der Waals surface area contributed by atoms with E-state index in [0.717, 1.165) is 15.5 Å². The summed E-state index contributed by atoms with van der Waals surface area (Å²) in [6, 6.07) is 12.7. The van der Waals surface area contributed by atoms with E-state index in [-0.39, 0.29) is 0 Å². The van der Waals surface area contributed by atoms with E-state index in [0.29, 0.717) is 26.3 Å². The molecule has 1 atom stereocenters. The zero-order valence-electron chi connectivity index (χ0n) is 13.1. The predicted octanol–water partition coefficient (Wildman–Crippen LogP) is 1.15. The van der Waals surface area contributed by atoms with Gasteiger partial charge in [-0.2, -0.15) is 0 Å². The van der Waals surface area contributed by atoms with Crippen LogP contribution in [-0.4, -0.2) is 43.4 Å². The fraction of sp³-hybridized carbons (Fsp3) is 0.294. The number of benzene rings is 2. The summed E-state index contributed by atoms with van der Waals surface area (Å²) < 4.78 is 8.57. The Bertz CT molecular complexity index is 775. The van der Waals surface area contributed by atoms with Crippen molar-refractivity contribution in [1.82, 2.24) is 4.57 Å². The molecule has 120 valence electrons. The summed E-state index contributed by atoms with van der Waals surface area (Å²) in [5.41, 5.74) is 8.88. The lowest BCUT2D eigenvalue weighted by atomic mass is 9.94. The maximum atomic E-state index is 10.3. The Labute approximate surface area is 144 Å². The van der Waals surface area contributed by atoms with Gasteiger partial charge in [-0.15, -0.1) is 0 Å². The van der Waals surface area contributed by atoms with Gasteiger partial charge in [0, 0.05) is 32.8 Å². The van der Waals surface area contributed by atoms with Gasteiger partial charge in [0.2, 0.25) is 0 Å². The van der Waals surface area contributed by atoms with Crippen molar-refractivity contribution >= 4 is 51.0 Å². The van der Waals surface area contributed by atoms with Crippen molar-refractivity contribution < 1.29 is 9.84 Å². The lowest BCUT2D eigenvalue weighted by molar-refractivity contribution is 0.0325. The number of aromatic nitrogens is 1. The Kier molecular flexibility index (Phi) is 5.06. The Balaban J connectivity index is 2.03. The second kappa shape index (κ2) is 7.05. The number of nitrogens with two attached hydrogens (primary N) is 1. The molecule has 0 aliphatic heterocycles. The number of ether oxygens (including phenoxy) is 1. The van der Waals surface area contributed by atoms with Gasteiger partial charge in [-0.3, -0.25) is 0 Å². The molecule has 0 aliphatic carbocycles. The van der Waals surface area contributed by atoms with E-state index in [9.17, 15) is 5.11 Å². The van der Waals surface area contributed by atoms with Crippen LogP contribution >= 0.6 is 15.9 Å². The normalized spacial score (nSPS) is 13.0. The predicted molar refractivity (Wildman–Crippen MR) is 101 cm³/mol. The molecule has 0 fully saturated rings. The van der Waals surface area contributed by atoms with Crippen LogP contribution in [0.5, 0.6) is 0 Å². The summed E-state index contributed by atoms with van der Waals surface area (Å²) in [6.45, 7) is 1.72. The van der Waals surface area contributed by atoms with Crippen LogP contribution in [0.4, 0.5) is 0 Å². The van der Waals surface area contributed by atoms with Crippen LogP contribution in [0, 0.1) is 0 Å². The first-order chi connectivity index (χ1) is 11.1. The van der Waals surface area contributed by atoms with E-state index >= 15 is 0 Å².